The van der Waals surface area contributed by atoms with Gasteiger partial charge in [-0.05, 0) is 37.3 Å². The van der Waals surface area contributed by atoms with E-state index in [1.54, 1.807) is 0 Å². The molecule has 0 radical (unpaired) electrons. The number of nitrogens with one attached hydrogen (secondary N) is 2. The minimum absolute atomic E-state index is 0.477. The van der Waals surface area contributed by atoms with Crippen LogP contribution in [0.2, 0.25) is 0 Å². The standard InChI is InChI=1S/C16H23N3O/c1-12-5-6-14(20-12)15-13(10-18-19-15)9-17-11-16(2)7-3-4-8-16/h5-6,10,17H,3-4,7-9,11H2,1-2H3,(H,18,19). The first-order valence-corrected chi connectivity index (χ1v) is 7.46. The van der Waals surface area contributed by atoms with Crippen LogP contribution in [0.15, 0.2) is 22.7 Å². The zero-order valence-corrected chi connectivity index (χ0v) is 12.3. The monoisotopic (exact) mass is 273 g/mol. The molecule has 0 unspecified atom stereocenters. The van der Waals surface area contributed by atoms with Crippen molar-refractivity contribution in [3.05, 3.63) is 29.7 Å². The smallest absolute Gasteiger partial charge is 0.152 e. The van der Waals surface area contributed by atoms with E-state index in [1.807, 2.05) is 25.3 Å². The van der Waals surface area contributed by atoms with Gasteiger partial charge in [0.25, 0.3) is 0 Å². The van der Waals surface area contributed by atoms with Crippen LogP contribution in [0.1, 0.15) is 43.9 Å². The quantitative estimate of drug-likeness (QED) is 0.874. The van der Waals surface area contributed by atoms with Crippen LogP contribution >= 0.6 is 0 Å². The Morgan fingerprint density at radius 3 is 2.85 bits per heavy atom. The van der Waals surface area contributed by atoms with Crippen molar-refractivity contribution in [3.63, 3.8) is 0 Å². The first-order chi connectivity index (χ1) is 9.66. The molecule has 1 aliphatic rings. The van der Waals surface area contributed by atoms with Crippen molar-refractivity contribution < 1.29 is 4.42 Å². The summed E-state index contributed by atoms with van der Waals surface area (Å²) in [4.78, 5) is 0. The Morgan fingerprint density at radius 1 is 1.35 bits per heavy atom. The van der Waals surface area contributed by atoms with Gasteiger partial charge in [0.15, 0.2) is 5.76 Å². The van der Waals surface area contributed by atoms with E-state index >= 15 is 0 Å². The van der Waals surface area contributed by atoms with E-state index in [9.17, 15) is 0 Å². The van der Waals surface area contributed by atoms with E-state index in [0.29, 0.717) is 5.41 Å². The van der Waals surface area contributed by atoms with Crippen molar-refractivity contribution >= 4 is 0 Å². The molecule has 4 nitrogen and oxygen atoms in total. The predicted octanol–water partition coefficient (Wildman–Crippen LogP) is 3.65. The summed E-state index contributed by atoms with van der Waals surface area (Å²) in [5.74, 6) is 1.79. The molecule has 0 atom stereocenters. The number of aromatic amines is 1. The number of H-pyrrole nitrogens is 1. The number of nitrogens with zero attached hydrogens (tertiary/aromatic N) is 1. The molecule has 0 aliphatic heterocycles. The van der Waals surface area contributed by atoms with Crippen molar-refractivity contribution in [1.29, 1.82) is 0 Å². The minimum Gasteiger partial charge on any atom is -0.460 e. The second-order valence-electron chi connectivity index (χ2n) is 6.30. The van der Waals surface area contributed by atoms with Crippen molar-refractivity contribution in [2.45, 2.75) is 46.1 Å². The highest BCUT2D eigenvalue weighted by Gasteiger charge is 2.28. The maximum Gasteiger partial charge on any atom is 0.152 e. The number of aromatic nitrogens is 2. The molecule has 108 valence electrons. The molecule has 3 rings (SSSR count). The largest absolute Gasteiger partial charge is 0.460 e. The summed E-state index contributed by atoms with van der Waals surface area (Å²) in [7, 11) is 0. The second-order valence-corrected chi connectivity index (χ2v) is 6.30. The van der Waals surface area contributed by atoms with E-state index in [-0.39, 0.29) is 0 Å². The third-order valence-corrected chi connectivity index (χ3v) is 4.38. The Labute approximate surface area is 120 Å². The normalized spacial score (nSPS) is 17.7. The second kappa shape index (κ2) is 5.44. The van der Waals surface area contributed by atoms with Gasteiger partial charge in [0.2, 0.25) is 0 Å². The zero-order valence-electron chi connectivity index (χ0n) is 12.3. The van der Waals surface area contributed by atoms with Crippen LogP contribution in [0.3, 0.4) is 0 Å². The highest BCUT2D eigenvalue weighted by Crippen LogP contribution is 2.36. The Kier molecular flexibility index (Phi) is 3.66. The molecule has 0 aromatic carbocycles. The lowest BCUT2D eigenvalue weighted by atomic mass is 9.89. The van der Waals surface area contributed by atoms with Crippen LogP contribution in [0.4, 0.5) is 0 Å². The number of hydrogen-bond donors (Lipinski definition) is 2. The molecule has 0 bridgehead atoms. The Morgan fingerprint density at radius 2 is 2.15 bits per heavy atom. The van der Waals surface area contributed by atoms with Gasteiger partial charge in [0.1, 0.15) is 11.5 Å². The average Bonchev–Trinajstić information content (AvgIpc) is 3.11. The third-order valence-electron chi connectivity index (χ3n) is 4.38. The van der Waals surface area contributed by atoms with Crippen LogP contribution < -0.4 is 5.32 Å². The Balaban J connectivity index is 1.62. The van der Waals surface area contributed by atoms with Gasteiger partial charge in [-0.25, -0.2) is 0 Å². The number of rotatable bonds is 5. The molecular weight excluding hydrogens is 250 g/mol. The van der Waals surface area contributed by atoms with Crippen molar-refractivity contribution in [3.8, 4) is 11.5 Å². The van der Waals surface area contributed by atoms with Crippen molar-refractivity contribution in [2.24, 2.45) is 5.41 Å². The van der Waals surface area contributed by atoms with Gasteiger partial charge in [0.05, 0.1) is 6.20 Å². The van der Waals surface area contributed by atoms with Gasteiger partial charge >= 0.3 is 0 Å². The molecule has 0 spiro atoms. The highest BCUT2D eigenvalue weighted by atomic mass is 16.3. The van der Waals surface area contributed by atoms with E-state index in [2.05, 4.69) is 22.4 Å². The lowest BCUT2D eigenvalue weighted by Gasteiger charge is -2.23. The molecule has 1 aliphatic carbocycles. The zero-order chi connectivity index (χ0) is 14.0. The van der Waals surface area contributed by atoms with Crippen LogP contribution in [-0.4, -0.2) is 16.7 Å². The van der Waals surface area contributed by atoms with Crippen molar-refractivity contribution in [1.82, 2.24) is 15.5 Å². The predicted molar refractivity (Wildman–Crippen MR) is 79.3 cm³/mol. The van der Waals surface area contributed by atoms with Gasteiger partial charge in [-0.15, -0.1) is 0 Å². The van der Waals surface area contributed by atoms with Gasteiger partial charge in [0, 0.05) is 18.7 Å². The number of furan rings is 1. The lowest BCUT2D eigenvalue weighted by molar-refractivity contribution is 0.314. The fraction of sp³-hybridized carbons (Fsp3) is 0.562. The van der Waals surface area contributed by atoms with Crippen LogP contribution in [0.25, 0.3) is 11.5 Å². The van der Waals surface area contributed by atoms with E-state index in [0.717, 1.165) is 30.3 Å². The summed E-state index contributed by atoms with van der Waals surface area (Å²) in [5, 5.41) is 10.8. The first kappa shape index (κ1) is 13.4. The van der Waals surface area contributed by atoms with E-state index in [1.165, 1.54) is 31.2 Å². The molecule has 0 saturated heterocycles. The summed E-state index contributed by atoms with van der Waals surface area (Å²) in [6.45, 7) is 6.26. The van der Waals surface area contributed by atoms with E-state index < -0.39 is 0 Å². The van der Waals surface area contributed by atoms with Crippen molar-refractivity contribution in [2.75, 3.05) is 6.54 Å². The fourth-order valence-electron chi connectivity index (χ4n) is 3.13. The molecule has 20 heavy (non-hydrogen) atoms. The lowest BCUT2D eigenvalue weighted by Crippen LogP contribution is -2.29. The summed E-state index contributed by atoms with van der Waals surface area (Å²) in [5.41, 5.74) is 2.63. The summed E-state index contributed by atoms with van der Waals surface area (Å²) >= 11 is 0. The van der Waals surface area contributed by atoms with Gasteiger partial charge < -0.3 is 9.73 Å². The topological polar surface area (TPSA) is 53.9 Å². The molecule has 0 amide bonds. The molecule has 2 N–H and O–H groups in total. The first-order valence-electron chi connectivity index (χ1n) is 7.46. The number of hydrogen-bond acceptors (Lipinski definition) is 3. The SMILES string of the molecule is Cc1ccc(-c2[nH]ncc2CNCC2(C)CCCC2)o1. The van der Waals surface area contributed by atoms with Crippen LogP contribution in [0, 0.1) is 12.3 Å². The van der Waals surface area contributed by atoms with Gasteiger partial charge in [-0.2, -0.15) is 5.10 Å². The minimum atomic E-state index is 0.477. The molecular formula is C16H23N3O. The number of aryl methyl sites for hydroxylation is 1. The molecule has 4 heteroatoms. The maximum atomic E-state index is 5.67. The van der Waals surface area contributed by atoms with Crippen LogP contribution in [0.5, 0.6) is 0 Å². The average molecular weight is 273 g/mol. The van der Waals surface area contributed by atoms with Gasteiger partial charge in [-0.3, -0.25) is 5.10 Å². The Hall–Kier alpha value is -1.55. The highest BCUT2D eigenvalue weighted by molar-refractivity contribution is 5.56. The molecule has 1 saturated carbocycles. The third kappa shape index (κ3) is 2.80. The summed E-state index contributed by atoms with van der Waals surface area (Å²) in [6, 6.07) is 3.97. The van der Waals surface area contributed by atoms with Crippen LogP contribution in [-0.2, 0) is 6.54 Å². The molecule has 2 heterocycles. The molecule has 2 aromatic heterocycles. The fourth-order valence-corrected chi connectivity index (χ4v) is 3.13. The molecule has 2 aromatic rings. The van der Waals surface area contributed by atoms with E-state index in [4.69, 9.17) is 4.42 Å². The maximum absolute atomic E-state index is 5.67. The molecule has 1 fully saturated rings. The summed E-state index contributed by atoms with van der Waals surface area (Å²) in [6.07, 6.45) is 7.32. The van der Waals surface area contributed by atoms with Gasteiger partial charge in [-0.1, -0.05) is 19.8 Å². The summed E-state index contributed by atoms with van der Waals surface area (Å²) < 4.78 is 5.67. The Bertz CT molecular complexity index is 564.